The predicted octanol–water partition coefficient (Wildman–Crippen LogP) is 3.74. The Balaban J connectivity index is 0.00000216. The van der Waals surface area contributed by atoms with Crippen molar-refractivity contribution in [1.29, 1.82) is 0 Å². The Morgan fingerprint density at radius 3 is 2.33 bits per heavy atom. The first-order valence-corrected chi connectivity index (χ1v) is 14.6. The van der Waals surface area contributed by atoms with Crippen molar-refractivity contribution < 1.29 is 45.0 Å². The van der Waals surface area contributed by atoms with Crippen LogP contribution < -0.4 is 9.64 Å². The van der Waals surface area contributed by atoms with Crippen molar-refractivity contribution in [2.45, 2.75) is 51.0 Å². The van der Waals surface area contributed by atoms with E-state index in [9.17, 15) is 30.8 Å². The molecule has 0 radical (unpaired) electrons. The minimum absolute atomic E-state index is 0.101. The highest BCUT2D eigenvalue weighted by molar-refractivity contribution is 7.89. The Labute approximate surface area is 230 Å². The van der Waals surface area contributed by atoms with Gasteiger partial charge in [0.15, 0.2) is 15.6 Å². The summed E-state index contributed by atoms with van der Waals surface area (Å²) in [5, 5.41) is 0. The number of piperazine rings is 1. The van der Waals surface area contributed by atoms with Crippen LogP contribution in [0.25, 0.3) is 0 Å². The fraction of sp³-hybridized carbons (Fsp3) is 0.560. The zero-order valence-electron chi connectivity index (χ0n) is 22.6. The molecular formula is C25H32F4N4O6S. The largest absolute Gasteiger partial charge is 0.486 e. The lowest BCUT2D eigenvalue weighted by Gasteiger charge is -2.44. The molecule has 1 amide bonds. The van der Waals surface area contributed by atoms with Crippen LogP contribution in [-0.4, -0.2) is 86.3 Å². The number of carbonyl (C=O) groups excluding carboxylic acids is 1. The zero-order chi connectivity index (χ0) is 29.7. The molecule has 3 heterocycles. The monoisotopic (exact) mass is 592 g/mol. The van der Waals surface area contributed by atoms with Crippen LogP contribution in [0.2, 0.25) is 0 Å². The lowest BCUT2D eigenvalue weighted by atomic mass is 10.0. The number of halogens is 4. The van der Waals surface area contributed by atoms with Crippen molar-refractivity contribution in [3.63, 3.8) is 0 Å². The highest BCUT2D eigenvalue weighted by Crippen LogP contribution is 2.40. The van der Waals surface area contributed by atoms with Gasteiger partial charge < -0.3 is 24.0 Å². The van der Waals surface area contributed by atoms with Gasteiger partial charge in [-0.15, -0.1) is 0 Å². The molecule has 2 fully saturated rings. The van der Waals surface area contributed by atoms with E-state index in [1.54, 1.807) is 11.8 Å². The first kappa shape index (κ1) is 31.3. The summed E-state index contributed by atoms with van der Waals surface area (Å²) in [5.74, 6) is -0.269. The molecule has 15 heteroatoms. The minimum Gasteiger partial charge on any atom is -0.486 e. The lowest BCUT2D eigenvalue weighted by molar-refractivity contribution is -0.333. The topological polar surface area (TPSA) is 111 Å². The third-order valence-electron chi connectivity index (χ3n) is 6.17. The lowest BCUT2D eigenvalue weighted by Crippen LogP contribution is -2.65. The standard InChI is InChI=1S/C23H26F4N4O6S.C2H6/c1-15-10-30(21(32)37-22(13-35-14-22)23(25,26)27)5-6-31(15)20-28-8-18(9-29-20)36-11-17-4-3-16(7-19(17)24)12-38(2,33)34;1-2/h3-4,7-9,15H,5-6,10-14H2,1-2H3;1-2H3/t15-;/m1./s1. The number of hydrogen-bond donors (Lipinski definition) is 0. The van der Waals surface area contributed by atoms with Crippen molar-refractivity contribution >= 4 is 21.9 Å². The third kappa shape index (κ3) is 7.50. The van der Waals surface area contributed by atoms with Gasteiger partial charge in [-0.1, -0.05) is 26.0 Å². The van der Waals surface area contributed by atoms with Crippen molar-refractivity contribution in [1.82, 2.24) is 14.9 Å². The second-order valence-corrected chi connectivity index (χ2v) is 11.5. The normalized spacial score (nSPS) is 18.8. The summed E-state index contributed by atoms with van der Waals surface area (Å²) in [6.45, 7) is 4.67. The molecule has 2 aliphatic heterocycles. The summed E-state index contributed by atoms with van der Waals surface area (Å²) >= 11 is 0. The van der Waals surface area contributed by atoms with Gasteiger partial charge >= 0.3 is 12.3 Å². The quantitative estimate of drug-likeness (QED) is 0.444. The van der Waals surface area contributed by atoms with E-state index in [0.29, 0.717) is 11.5 Å². The molecule has 4 rings (SSSR count). The smallest absolute Gasteiger partial charge is 0.433 e. The predicted molar refractivity (Wildman–Crippen MR) is 137 cm³/mol. The van der Waals surface area contributed by atoms with Crippen molar-refractivity contribution in [2.24, 2.45) is 0 Å². The molecule has 0 spiro atoms. The van der Waals surface area contributed by atoms with Crippen molar-refractivity contribution in [3.8, 4) is 5.75 Å². The van der Waals surface area contributed by atoms with E-state index in [2.05, 4.69) is 14.7 Å². The average Bonchev–Trinajstić information content (AvgIpc) is 2.85. The molecule has 0 unspecified atom stereocenters. The number of aromatic nitrogens is 2. The maximum atomic E-state index is 14.3. The third-order valence-corrected chi connectivity index (χ3v) is 7.03. The minimum atomic E-state index is -4.72. The van der Waals surface area contributed by atoms with Crippen LogP contribution in [0.1, 0.15) is 31.9 Å². The van der Waals surface area contributed by atoms with E-state index in [1.165, 1.54) is 29.4 Å². The number of amides is 1. The molecule has 0 aliphatic carbocycles. The second kappa shape index (κ2) is 12.5. The molecule has 10 nitrogen and oxygen atoms in total. The summed E-state index contributed by atoms with van der Waals surface area (Å²) in [6, 6.07) is 3.80. The number of sulfone groups is 1. The van der Waals surface area contributed by atoms with Crippen LogP contribution >= 0.6 is 0 Å². The van der Waals surface area contributed by atoms with E-state index in [-0.39, 0.29) is 49.3 Å². The molecule has 1 aromatic carbocycles. The number of nitrogens with zero attached hydrogens (tertiary/aromatic N) is 4. The average molecular weight is 593 g/mol. The van der Waals surface area contributed by atoms with Gasteiger partial charge in [0, 0.05) is 37.5 Å². The summed E-state index contributed by atoms with van der Waals surface area (Å²) in [4.78, 5) is 23.9. The van der Waals surface area contributed by atoms with Gasteiger partial charge in [-0.2, -0.15) is 13.2 Å². The van der Waals surface area contributed by atoms with Crippen LogP contribution in [0.5, 0.6) is 5.75 Å². The zero-order valence-corrected chi connectivity index (χ0v) is 23.4. The van der Waals surface area contributed by atoms with Crippen molar-refractivity contribution in [2.75, 3.05) is 44.0 Å². The second-order valence-electron chi connectivity index (χ2n) is 9.34. The maximum Gasteiger partial charge on any atom is 0.433 e. The fourth-order valence-electron chi connectivity index (χ4n) is 4.01. The Morgan fingerprint density at radius 1 is 1.18 bits per heavy atom. The first-order valence-electron chi connectivity index (χ1n) is 12.6. The summed E-state index contributed by atoms with van der Waals surface area (Å²) in [7, 11) is -3.29. The Hall–Kier alpha value is -3.20. The Bertz CT molecular complexity index is 1270. The van der Waals surface area contributed by atoms with Crippen LogP contribution in [0, 0.1) is 5.82 Å². The molecule has 0 N–H and O–H groups in total. The van der Waals surface area contributed by atoms with Gasteiger partial charge in [0.25, 0.3) is 5.60 Å². The van der Waals surface area contributed by atoms with Gasteiger partial charge in [-0.25, -0.2) is 27.6 Å². The molecule has 0 saturated carbocycles. The van der Waals surface area contributed by atoms with Crippen LogP contribution in [0.3, 0.4) is 0 Å². The van der Waals surface area contributed by atoms with E-state index >= 15 is 0 Å². The molecule has 2 aromatic rings. The molecule has 2 aliphatic rings. The number of alkyl halides is 3. The Morgan fingerprint density at radius 2 is 1.82 bits per heavy atom. The van der Waals surface area contributed by atoms with Gasteiger partial charge in [-0.05, 0) is 18.6 Å². The number of carbonyl (C=O) groups is 1. The number of benzene rings is 1. The van der Waals surface area contributed by atoms with Gasteiger partial charge in [0.05, 0.1) is 31.4 Å². The van der Waals surface area contributed by atoms with E-state index < -0.39 is 46.7 Å². The number of hydrogen-bond acceptors (Lipinski definition) is 9. The van der Waals surface area contributed by atoms with Crippen LogP contribution in [0.4, 0.5) is 28.3 Å². The molecule has 1 atom stereocenters. The SMILES string of the molecule is CC.C[C@@H]1CN(C(=O)OC2(C(F)(F)F)COC2)CCN1c1ncc(OCc2ccc(CS(C)(=O)=O)cc2F)cn1. The van der Waals surface area contributed by atoms with Crippen molar-refractivity contribution in [3.05, 3.63) is 47.5 Å². The fourth-order valence-corrected chi connectivity index (χ4v) is 4.80. The molecule has 40 heavy (non-hydrogen) atoms. The Kier molecular flexibility index (Phi) is 9.82. The number of rotatable bonds is 7. The highest BCUT2D eigenvalue weighted by atomic mass is 32.2. The van der Waals surface area contributed by atoms with E-state index in [1.807, 2.05) is 13.8 Å². The molecule has 222 valence electrons. The summed E-state index contributed by atoms with van der Waals surface area (Å²) in [5.41, 5.74) is -2.05. The van der Waals surface area contributed by atoms with E-state index in [0.717, 1.165) is 12.3 Å². The van der Waals surface area contributed by atoms with Crippen LogP contribution in [-0.2, 0) is 31.7 Å². The maximum absolute atomic E-state index is 14.3. The van der Waals surface area contributed by atoms with E-state index in [4.69, 9.17) is 9.47 Å². The number of anilines is 1. The first-order chi connectivity index (χ1) is 18.8. The molecular weight excluding hydrogens is 560 g/mol. The van der Waals surface area contributed by atoms with Gasteiger partial charge in [0.2, 0.25) is 5.95 Å². The van der Waals surface area contributed by atoms with Gasteiger partial charge in [-0.3, -0.25) is 0 Å². The summed E-state index contributed by atoms with van der Waals surface area (Å²) in [6.07, 6.45) is -1.92. The highest BCUT2D eigenvalue weighted by Gasteiger charge is 2.64. The molecule has 2 saturated heterocycles. The number of ether oxygens (including phenoxy) is 3. The molecule has 0 bridgehead atoms. The summed E-state index contributed by atoms with van der Waals surface area (Å²) < 4.78 is 91.9. The molecule has 1 aromatic heterocycles. The van der Waals surface area contributed by atoms with Gasteiger partial charge in [0.1, 0.15) is 12.4 Å². The van der Waals surface area contributed by atoms with Crippen LogP contribution in [0.15, 0.2) is 30.6 Å².